The first-order valence-corrected chi connectivity index (χ1v) is 23.2. The molecule has 0 unspecified atom stereocenters. The van der Waals surface area contributed by atoms with Crippen LogP contribution >= 0.6 is 11.8 Å². The number of rotatable bonds is 24. The summed E-state index contributed by atoms with van der Waals surface area (Å²) in [6.45, 7) is 3.78. The summed E-state index contributed by atoms with van der Waals surface area (Å²) < 4.78 is 55.9. The van der Waals surface area contributed by atoms with Gasteiger partial charge in [0.25, 0.3) is 17.7 Å². The lowest BCUT2D eigenvalue weighted by atomic mass is 10.0. The summed E-state index contributed by atoms with van der Waals surface area (Å²) in [7, 11) is 0. The van der Waals surface area contributed by atoms with Crippen molar-refractivity contribution in [1.82, 2.24) is 15.6 Å². The molecule has 0 radical (unpaired) electrons. The van der Waals surface area contributed by atoms with E-state index in [4.69, 9.17) is 19.3 Å². The van der Waals surface area contributed by atoms with Gasteiger partial charge in [-0.05, 0) is 103 Å². The normalized spacial score (nSPS) is 12.7. The number of ether oxygens (including phenoxy) is 3. The van der Waals surface area contributed by atoms with Crippen LogP contribution in [0.25, 0.3) is 11.3 Å². The van der Waals surface area contributed by atoms with Crippen LogP contribution in [-0.4, -0.2) is 93.1 Å². The number of pyridine rings is 1. The minimum absolute atomic E-state index is 0.0490. The third kappa shape index (κ3) is 16.2. The number of carboxylic acids is 1. The number of benzene rings is 4. The number of hydrogen-bond donors (Lipinski definition) is 4. The summed E-state index contributed by atoms with van der Waals surface area (Å²) in [6.07, 6.45) is 0.208. The molecule has 5 aromatic rings. The number of halogens is 3. The fourth-order valence-corrected chi connectivity index (χ4v) is 8.12. The molecule has 6 rings (SSSR count). The zero-order valence-corrected chi connectivity index (χ0v) is 37.8. The molecule has 67 heavy (non-hydrogen) atoms. The van der Waals surface area contributed by atoms with Crippen molar-refractivity contribution in [1.29, 1.82) is 0 Å². The van der Waals surface area contributed by atoms with E-state index < -0.39 is 23.6 Å². The molecule has 17 heteroatoms. The van der Waals surface area contributed by atoms with Gasteiger partial charge in [-0.1, -0.05) is 36.4 Å². The zero-order valence-electron chi connectivity index (χ0n) is 36.9. The molecule has 0 aliphatic carbocycles. The second-order valence-corrected chi connectivity index (χ2v) is 16.7. The molecular weight excluding hydrogens is 888 g/mol. The van der Waals surface area contributed by atoms with Crippen molar-refractivity contribution in [2.75, 3.05) is 69.5 Å². The van der Waals surface area contributed by atoms with Gasteiger partial charge in [-0.2, -0.15) is 24.9 Å². The van der Waals surface area contributed by atoms with Crippen LogP contribution in [0.1, 0.15) is 79.0 Å². The van der Waals surface area contributed by atoms with Gasteiger partial charge in [0.2, 0.25) is 0 Å². The number of alkyl halides is 3. The third-order valence-electron chi connectivity index (χ3n) is 10.6. The van der Waals surface area contributed by atoms with E-state index >= 15 is 0 Å². The number of carbonyl (C=O) groups excluding carboxylic acids is 3. The van der Waals surface area contributed by atoms with Gasteiger partial charge in [0, 0.05) is 71.8 Å². The van der Waals surface area contributed by atoms with Gasteiger partial charge in [0.1, 0.15) is 0 Å². The maximum atomic E-state index is 13.9. The molecule has 3 amide bonds. The minimum atomic E-state index is -4.50. The van der Waals surface area contributed by atoms with Gasteiger partial charge < -0.3 is 40.2 Å². The smallest absolute Gasteiger partial charge is 0.416 e. The predicted octanol–water partition coefficient (Wildman–Crippen LogP) is 8.63. The Morgan fingerprint density at radius 1 is 0.657 bits per heavy atom. The van der Waals surface area contributed by atoms with Crippen molar-refractivity contribution >= 4 is 46.8 Å². The fraction of sp³-hybridized carbons (Fsp3) is 0.340. The average Bonchev–Trinajstić information content (AvgIpc) is 3.34. The maximum Gasteiger partial charge on any atom is 0.416 e. The predicted molar refractivity (Wildman–Crippen MR) is 251 cm³/mol. The summed E-state index contributed by atoms with van der Waals surface area (Å²) in [5, 5.41) is 17.2. The third-order valence-corrected chi connectivity index (χ3v) is 11.7. The van der Waals surface area contributed by atoms with Crippen molar-refractivity contribution in [3.8, 4) is 11.3 Å². The number of piperidine rings is 1. The number of thioether (sulfide) groups is 1. The highest BCUT2D eigenvalue weighted by molar-refractivity contribution is 7.97. The summed E-state index contributed by atoms with van der Waals surface area (Å²) in [5.74, 6) is -0.697. The first-order chi connectivity index (χ1) is 32.4. The van der Waals surface area contributed by atoms with Crippen LogP contribution in [0.15, 0.2) is 109 Å². The Kier molecular flexibility index (Phi) is 19.2. The Hall–Kier alpha value is -6.27. The molecule has 1 fully saturated rings. The molecule has 1 aliphatic rings. The molecule has 1 aromatic heterocycles. The van der Waals surface area contributed by atoms with Crippen LogP contribution in [0.2, 0.25) is 0 Å². The first kappa shape index (κ1) is 50.1. The number of aliphatic carboxylic acids is 1. The summed E-state index contributed by atoms with van der Waals surface area (Å²) in [6, 6.07) is 28.5. The Labute approximate surface area is 391 Å². The number of aromatic nitrogens is 1. The van der Waals surface area contributed by atoms with E-state index in [1.165, 1.54) is 24.4 Å². The molecule has 13 nitrogen and oxygen atoms in total. The minimum Gasteiger partial charge on any atom is -0.481 e. The average molecular weight is 942 g/mol. The molecular formula is C50H54F3N5O8S. The van der Waals surface area contributed by atoms with Gasteiger partial charge in [0.15, 0.2) is 0 Å². The van der Waals surface area contributed by atoms with E-state index in [0.29, 0.717) is 84.7 Å². The summed E-state index contributed by atoms with van der Waals surface area (Å²) in [4.78, 5) is 57.4. The van der Waals surface area contributed by atoms with Crippen molar-refractivity contribution in [3.63, 3.8) is 0 Å². The Morgan fingerprint density at radius 3 is 1.96 bits per heavy atom. The number of amides is 3. The van der Waals surface area contributed by atoms with E-state index in [1.807, 2.05) is 54.6 Å². The van der Waals surface area contributed by atoms with Gasteiger partial charge in [-0.25, -0.2) is 0 Å². The highest BCUT2D eigenvalue weighted by Gasteiger charge is 2.30. The van der Waals surface area contributed by atoms with Gasteiger partial charge in [-0.15, -0.1) is 0 Å². The van der Waals surface area contributed by atoms with Crippen LogP contribution in [0.4, 0.5) is 24.5 Å². The Morgan fingerprint density at radius 2 is 1.27 bits per heavy atom. The van der Waals surface area contributed by atoms with Crippen LogP contribution in [0.5, 0.6) is 0 Å². The van der Waals surface area contributed by atoms with Crippen LogP contribution < -0.4 is 20.9 Å². The monoisotopic (exact) mass is 941 g/mol. The Balaban J connectivity index is 1.02. The molecule has 1 saturated heterocycles. The second-order valence-electron chi connectivity index (χ2n) is 15.7. The molecule has 4 N–H and O–H groups in total. The largest absolute Gasteiger partial charge is 0.481 e. The molecule has 1 aliphatic heterocycles. The molecule has 0 bridgehead atoms. The number of carbonyl (C=O) groups is 4. The van der Waals surface area contributed by atoms with E-state index in [9.17, 15) is 32.3 Å². The highest BCUT2D eigenvalue weighted by Crippen LogP contribution is 2.34. The van der Waals surface area contributed by atoms with Crippen LogP contribution in [0.3, 0.4) is 0 Å². The molecule has 354 valence electrons. The lowest BCUT2D eigenvalue weighted by Gasteiger charge is -2.29. The zero-order chi connectivity index (χ0) is 47.4. The van der Waals surface area contributed by atoms with Crippen molar-refractivity contribution < 1.29 is 51.7 Å². The highest BCUT2D eigenvalue weighted by atomic mass is 32.2. The standard InChI is InChI=1S/C50H54F3N5O8S/c51-50(52,53)41-12-6-7-35(29-41)32-56-48(62)40-15-17-54-45(30-40)43-31-42(58-19-2-1-3-20-58)13-14-44(43)57-49(63)39-11-5-9-37(28-39)34-67-33-36-8-4-10-38(27-36)47(61)55-18-22-65-24-26-66-25-23-64-21-16-46(59)60/h4-15,17,27-31H,1-3,16,18-26,32-34H2,(H,55,61)(H,56,62)(H,57,63)(H,59,60). The van der Waals surface area contributed by atoms with Crippen LogP contribution in [-0.2, 0) is 43.2 Å². The number of carboxylic acid groups (broad SMARTS) is 1. The fourth-order valence-electron chi connectivity index (χ4n) is 7.19. The number of hydrogen-bond acceptors (Lipinski definition) is 10. The lowest BCUT2D eigenvalue weighted by Crippen LogP contribution is -2.29. The second kappa shape index (κ2) is 25.6. The quantitative estimate of drug-likeness (QED) is 0.0437. The maximum absolute atomic E-state index is 13.9. The topological polar surface area (TPSA) is 168 Å². The van der Waals surface area contributed by atoms with Crippen molar-refractivity contribution in [2.24, 2.45) is 0 Å². The lowest BCUT2D eigenvalue weighted by molar-refractivity contribution is -0.139. The van der Waals surface area contributed by atoms with Crippen LogP contribution in [0, 0.1) is 0 Å². The molecule has 0 saturated carbocycles. The summed E-state index contributed by atoms with van der Waals surface area (Å²) >= 11 is 1.65. The van der Waals surface area contributed by atoms with Crippen molar-refractivity contribution in [3.05, 3.63) is 148 Å². The van der Waals surface area contributed by atoms with E-state index in [-0.39, 0.29) is 37.0 Å². The summed E-state index contributed by atoms with van der Waals surface area (Å²) in [5.41, 5.74) is 5.17. The van der Waals surface area contributed by atoms with Gasteiger partial charge in [0.05, 0.1) is 63.0 Å². The SMILES string of the molecule is O=C(O)CCOCCOCCOCCNC(=O)c1cccc(CSCc2cccc(C(=O)Nc3ccc(N4CCCCC4)cc3-c3cc(C(=O)NCc4cccc(C(F)(F)F)c4)ccn3)c2)c1. The first-order valence-electron chi connectivity index (χ1n) is 22.0. The molecule has 4 aromatic carbocycles. The van der Waals surface area contributed by atoms with E-state index in [2.05, 4.69) is 25.8 Å². The van der Waals surface area contributed by atoms with E-state index in [1.54, 1.807) is 30.0 Å². The number of anilines is 2. The van der Waals surface area contributed by atoms with E-state index in [0.717, 1.165) is 61.3 Å². The van der Waals surface area contributed by atoms with Gasteiger partial charge >= 0.3 is 12.1 Å². The molecule has 0 atom stereocenters. The number of nitrogens with zero attached hydrogens (tertiary/aromatic N) is 2. The van der Waals surface area contributed by atoms with Crippen molar-refractivity contribution in [2.45, 2.75) is 49.9 Å². The molecule has 0 spiro atoms. The molecule has 2 heterocycles. The van der Waals surface area contributed by atoms with Gasteiger partial charge in [-0.3, -0.25) is 24.2 Å². The Bertz CT molecular complexity index is 2450. The number of nitrogens with one attached hydrogen (secondary N) is 3.